The van der Waals surface area contributed by atoms with Crippen molar-refractivity contribution in [2.24, 2.45) is 0 Å². The smallest absolute Gasteiger partial charge is 0.155 e. The van der Waals surface area contributed by atoms with Crippen LogP contribution in [0.5, 0.6) is 0 Å². The number of fused-ring (bicyclic) bond motifs is 3. The number of aliphatic hydroxyl groups excluding tert-OH is 1. The number of allylic oxidation sites excluding steroid dienone is 2. The molecule has 1 radical (unpaired) electrons. The van der Waals surface area contributed by atoms with Crippen LogP contribution in [0.2, 0.25) is 0 Å². The second-order valence-corrected chi connectivity index (χ2v) is 6.59. The molecule has 149 valence electrons. The van der Waals surface area contributed by atoms with E-state index >= 15 is 0 Å². The molecule has 0 aliphatic heterocycles. The van der Waals surface area contributed by atoms with Gasteiger partial charge in [0, 0.05) is 50.2 Å². The van der Waals surface area contributed by atoms with Gasteiger partial charge in [0.15, 0.2) is 5.78 Å². The van der Waals surface area contributed by atoms with Gasteiger partial charge in [-0.15, -0.1) is 35.4 Å². The van der Waals surface area contributed by atoms with E-state index in [1.54, 1.807) is 0 Å². The first-order valence-electron chi connectivity index (χ1n) is 8.93. The van der Waals surface area contributed by atoms with Crippen LogP contribution in [0.25, 0.3) is 32.8 Å². The van der Waals surface area contributed by atoms with Crippen LogP contribution in [0.4, 0.5) is 0 Å². The molecular formula is C24H21IrN2O2-. The van der Waals surface area contributed by atoms with Crippen LogP contribution in [0.1, 0.15) is 19.4 Å². The first-order valence-corrected chi connectivity index (χ1v) is 8.93. The van der Waals surface area contributed by atoms with Crippen LogP contribution in [0.15, 0.2) is 72.9 Å². The zero-order valence-electron chi connectivity index (χ0n) is 16.4. The molecule has 0 saturated heterocycles. The molecule has 2 aromatic heterocycles. The van der Waals surface area contributed by atoms with Crippen molar-refractivity contribution in [3.63, 3.8) is 0 Å². The van der Waals surface area contributed by atoms with Crippen molar-refractivity contribution >= 4 is 27.3 Å². The number of carbonyl (C=O) groups is 1. The summed E-state index contributed by atoms with van der Waals surface area (Å²) in [5.41, 5.74) is 3.23. The Labute approximate surface area is 183 Å². The van der Waals surface area contributed by atoms with E-state index < -0.39 is 0 Å². The summed E-state index contributed by atoms with van der Waals surface area (Å²) in [7, 11) is 0. The Morgan fingerprint density at radius 1 is 1.03 bits per heavy atom. The second kappa shape index (κ2) is 10.1. The maximum atomic E-state index is 10.0. The number of rotatable bonds is 2. The Balaban J connectivity index is 0.000000327. The molecule has 0 unspecified atom stereocenters. The van der Waals surface area contributed by atoms with Gasteiger partial charge in [-0.3, -0.25) is 9.78 Å². The van der Waals surface area contributed by atoms with Crippen molar-refractivity contribution in [2.75, 3.05) is 0 Å². The number of carbonyl (C=O) groups excluding carboxylic acids is 1. The quantitative estimate of drug-likeness (QED) is 0.150. The Morgan fingerprint density at radius 3 is 2.45 bits per heavy atom. The van der Waals surface area contributed by atoms with E-state index in [-0.39, 0.29) is 31.6 Å². The number of aryl methyl sites for hydroxylation is 1. The van der Waals surface area contributed by atoms with Crippen molar-refractivity contribution in [2.45, 2.75) is 20.8 Å². The number of aromatic nitrogens is 2. The molecule has 0 atom stereocenters. The maximum absolute atomic E-state index is 10.0. The third-order valence-corrected chi connectivity index (χ3v) is 4.19. The monoisotopic (exact) mass is 562 g/mol. The Kier molecular flexibility index (Phi) is 7.77. The fourth-order valence-corrected chi connectivity index (χ4v) is 3.06. The summed E-state index contributed by atoms with van der Waals surface area (Å²) in [6.07, 6.45) is 6.77. The first-order chi connectivity index (χ1) is 13.5. The van der Waals surface area contributed by atoms with Gasteiger partial charge in [-0.25, -0.2) is 0 Å². The molecule has 0 saturated carbocycles. The summed E-state index contributed by atoms with van der Waals surface area (Å²) in [4.78, 5) is 18.8. The summed E-state index contributed by atoms with van der Waals surface area (Å²) in [5, 5.41) is 13.1. The molecule has 1 N–H and O–H groups in total. The number of hydrogen-bond donors (Lipinski definition) is 1. The molecule has 4 rings (SSSR count). The van der Waals surface area contributed by atoms with Crippen LogP contribution in [0, 0.1) is 13.0 Å². The van der Waals surface area contributed by atoms with Crippen molar-refractivity contribution < 1.29 is 30.0 Å². The number of benzene rings is 2. The first kappa shape index (κ1) is 22.4. The molecule has 5 heteroatoms. The van der Waals surface area contributed by atoms with Gasteiger partial charge in [-0.1, -0.05) is 19.1 Å². The van der Waals surface area contributed by atoms with Crippen molar-refractivity contribution in [3.05, 3.63) is 84.5 Å². The van der Waals surface area contributed by atoms with E-state index in [1.807, 2.05) is 24.7 Å². The minimum atomic E-state index is -0.125. The van der Waals surface area contributed by atoms with Gasteiger partial charge in [-0.05, 0) is 47.8 Å². The number of aliphatic hydroxyl groups is 1. The number of nitrogens with zero attached hydrogens (tertiary/aromatic N) is 2. The Morgan fingerprint density at radius 2 is 1.79 bits per heavy atom. The summed E-state index contributed by atoms with van der Waals surface area (Å²) >= 11 is 0. The van der Waals surface area contributed by atoms with Crippen molar-refractivity contribution in [3.8, 4) is 11.3 Å². The largest absolute Gasteiger partial charge is 0.512 e. The minimum Gasteiger partial charge on any atom is -0.512 e. The van der Waals surface area contributed by atoms with Gasteiger partial charge >= 0.3 is 0 Å². The fourth-order valence-electron chi connectivity index (χ4n) is 3.06. The van der Waals surface area contributed by atoms with Crippen LogP contribution >= 0.6 is 0 Å². The average molecular weight is 562 g/mol. The van der Waals surface area contributed by atoms with E-state index in [4.69, 9.17) is 5.11 Å². The second-order valence-electron chi connectivity index (χ2n) is 6.59. The minimum absolute atomic E-state index is 0. The normalized spacial score (nSPS) is 10.8. The Hall–Kier alpha value is -2.88. The van der Waals surface area contributed by atoms with Gasteiger partial charge in [-0.2, -0.15) is 0 Å². The summed E-state index contributed by atoms with van der Waals surface area (Å²) in [6.45, 7) is 4.94. The third kappa shape index (κ3) is 5.56. The van der Waals surface area contributed by atoms with E-state index in [1.165, 1.54) is 36.3 Å². The fraction of sp³-hybridized carbons (Fsp3) is 0.125. The molecule has 2 aromatic carbocycles. The van der Waals surface area contributed by atoms with E-state index in [9.17, 15) is 4.79 Å². The van der Waals surface area contributed by atoms with E-state index in [0.717, 1.165) is 22.0 Å². The molecule has 0 aliphatic carbocycles. The molecular weight excluding hydrogens is 540 g/mol. The molecule has 0 spiro atoms. The standard InChI is InChI=1S/C19H13N2.C5H8O2.Ir/c1-13-3-2-4-14(11-13)19-18-6-5-15-12-20-9-7-16(15)17(18)8-10-21-19;1-4(6)3-5(2)7;/h2-3,5-12H,1H3;3,6H,1-2H3;/q-1;;/b;4-3-;. The average Bonchev–Trinajstić information content (AvgIpc) is 2.67. The van der Waals surface area contributed by atoms with Crippen LogP contribution < -0.4 is 0 Å². The van der Waals surface area contributed by atoms with E-state index in [0.29, 0.717) is 0 Å². The Bertz CT molecular complexity index is 1180. The molecule has 0 amide bonds. The molecule has 4 nitrogen and oxygen atoms in total. The van der Waals surface area contributed by atoms with Gasteiger partial charge in [0.05, 0.1) is 5.76 Å². The number of ketones is 1. The van der Waals surface area contributed by atoms with E-state index in [2.05, 4.69) is 59.4 Å². The van der Waals surface area contributed by atoms with Crippen LogP contribution in [0.3, 0.4) is 0 Å². The molecule has 0 bridgehead atoms. The number of pyridine rings is 2. The number of hydrogen-bond acceptors (Lipinski definition) is 4. The molecule has 29 heavy (non-hydrogen) atoms. The van der Waals surface area contributed by atoms with Crippen molar-refractivity contribution in [1.82, 2.24) is 9.97 Å². The molecule has 0 aliphatic rings. The van der Waals surface area contributed by atoms with Gasteiger partial charge in [0.1, 0.15) is 0 Å². The predicted molar refractivity (Wildman–Crippen MR) is 113 cm³/mol. The maximum Gasteiger partial charge on any atom is 0.155 e. The SMILES string of the molecule is CC(=O)/C=C(/C)O.Cc1cc[c-]c(-c2nccc3c2ccc2cnccc23)c1.[Ir]. The van der Waals surface area contributed by atoms with Crippen LogP contribution in [-0.2, 0) is 24.9 Å². The molecule has 0 fully saturated rings. The van der Waals surface area contributed by atoms with Gasteiger partial charge < -0.3 is 10.1 Å². The zero-order valence-corrected chi connectivity index (χ0v) is 18.8. The summed E-state index contributed by atoms with van der Waals surface area (Å²) in [6, 6.07) is 17.8. The summed E-state index contributed by atoms with van der Waals surface area (Å²) < 4.78 is 0. The van der Waals surface area contributed by atoms with Gasteiger partial charge in [0.25, 0.3) is 0 Å². The third-order valence-electron chi connectivity index (χ3n) is 4.19. The molecule has 2 heterocycles. The zero-order chi connectivity index (χ0) is 20.1. The van der Waals surface area contributed by atoms with Gasteiger partial charge in [0.2, 0.25) is 0 Å². The molecule has 4 aromatic rings. The predicted octanol–water partition coefficient (Wildman–Crippen LogP) is 5.59. The van der Waals surface area contributed by atoms with Crippen molar-refractivity contribution in [1.29, 1.82) is 0 Å². The summed E-state index contributed by atoms with van der Waals surface area (Å²) in [5.74, 6) is -0.0625. The van der Waals surface area contributed by atoms with Crippen LogP contribution in [-0.4, -0.2) is 20.9 Å². The topological polar surface area (TPSA) is 63.1 Å².